The molecule has 1 aliphatic rings. The van der Waals surface area contributed by atoms with Crippen molar-refractivity contribution >= 4 is 41.7 Å². The second-order valence-corrected chi connectivity index (χ2v) is 6.55. The summed E-state index contributed by atoms with van der Waals surface area (Å²) >= 11 is 7.82. The molecule has 2 N–H and O–H groups in total. The van der Waals surface area contributed by atoms with Gasteiger partial charge in [0.15, 0.2) is 0 Å². The lowest BCUT2D eigenvalue weighted by atomic mass is 9.90. The molecule has 2 atom stereocenters. The van der Waals surface area contributed by atoms with Gasteiger partial charge in [-0.15, -0.1) is 24.2 Å². The summed E-state index contributed by atoms with van der Waals surface area (Å²) in [4.78, 5) is 15.7. The maximum Gasteiger partial charge on any atom is 0.255 e. The second kappa shape index (κ2) is 8.28. The average Bonchev–Trinajstić information content (AvgIpc) is 2.46. The Labute approximate surface area is 142 Å². The van der Waals surface area contributed by atoms with Crippen LogP contribution in [0.15, 0.2) is 23.1 Å². The van der Waals surface area contributed by atoms with Crippen LogP contribution in [0.5, 0.6) is 0 Å². The lowest BCUT2D eigenvalue weighted by Crippen LogP contribution is -2.51. The maximum absolute atomic E-state index is 12.8. The van der Waals surface area contributed by atoms with Crippen molar-refractivity contribution in [1.82, 2.24) is 4.90 Å². The monoisotopic (exact) mass is 348 g/mol. The minimum Gasteiger partial charge on any atom is -0.334 e. The molecule has 1 fully saturated rings. The van der Waals surface area contributed by atoms with Gasteiger partial charge in [0.1, 0.15) is 0 Å². The van der Waals surface area contributed by atoms with Gasteiger partial charge >= 0.3 is 0 Å². The van der Waals surface area contributed by atoms with E-state index in [4.69, 9.17) is 17.3 Å². The Hall–Kier alpha value is -0.420. The lowest BCUT2D eigenvalue weighted by molar-refractivity contribution is 0.0532. The summed E-state index contributed by atoms with van der Waals surface area (Å²) < 4.78 is 0. The van der Waals surface area contributed by atoms with E-state index in [1.807, 2.05) is 23.3 Å². The first-order valence-corrected chi connectivity index (χ1v) is 8.53. The highest BCUT2D eigenvalue weighted by atomic mass is 35.5. The average molecular weight is 349 g/mol. The Morgan fingerprint density at radius 2 is 2.24 bits per heavy atom. The molecule has 1 saturated heterocycles. The van der Waals surface area contributed by atoms with Crippen LogP contribution < -0.4 is 5.73 Å². The Morgan fingerprint density at radius 3 is 2.86 bits per heavy atom. The lowest BCUT2D eigenvalue weighted by Gasteiger charge is -2.39. The predicted molar refractivity (Wildman–Crippen MR) is 92.8 cm³/mol. The number of hydrogen-bond donors (Lipinski definition) is 1. The molecule has 0 saturated carbocycles. The Morgan fingerprint density at radius 1 is 1.52 bits per heavy atom. The second-order valence-electron chi connectivity index (χ2n) is 5.27. The first kappa shape index (κ1) is 18.6. The molecule has 2 unspecified atom stereocenters. The Balaban J connectivity index is 0.00000220. The van der Waals surface area contributed by atoms with Crippen LogP contribution in [0.2, 0.25) is 5.02 Å². The van der Waals surface area contributed by atoms with Gasteiger partial charge in [-0.25, -0.2) is 0 Å². The van der Waals surface area contributed by atoms with Gasteiger partial charge in [0.05, 0.1) is 10.6 Å². The summed E-state index contributed by atoms with van der Waals surface area (Å²) in [5.74, 6) is 0.452. The quantitative estimate of drug-likeness (QED) is 0.847. The van der Waals surface area contributed by atoms with Gasteiger partial charge in [0, 0.05) is 24.0 Å². The first-order chi connectivity index (χ1) is 9.58. The third-order valence-corrected chi connectivity index (χ3v) is 5.08. The fraction of sp³-hybridized carbons (Fsp3) is 0.533. The van der Waals surface area contributed by atoms with Crippen LogP contribution in [0.3, 0.4) is 0 Å². The zero-order chi connectivity index (χ0) is 14.7. The van der Waals surface area contributed by atoms with Crippen molar-refractivity contribution in [2.24, 2.45) is 11.7 Å². The summed E-state index contributed by atoms with van der Waals surface area (Å²) in [6.45, 7) is 3.44. The van der Waals surface area contributed by atoms with Gasteiger partial charge in [0.2, 0.25) is 0 Å². The molecule has 1 amide bonds. The minimum absolute atomic E-state index is 0. The highest BCUT2D eigenvalue weighted by Gasteiger charge is 2.32. The number of hydrogen-bond acceptors (Lipinski definition) is 3. The number of nitrogens with two attached hydrogens (primary N) is 1. The molecule has 0 radical (unpaired) electrons. The molecule has 118 valence electrons. The van der Waals surface area contributed by atoms with Gasteiger partial charge in [-0.05, 0) is 43.2 Å². The number of likely N-dealkylation sites (tertiary alicyclic amines) is 1. The fourth-order valence-electron chi connectivity index (χ4n) is 2.81. The predicted octanol–water partition coefficient (Wildman–Crippen LogP) is 3.68. The summed E-state index contributed by atoms with van der Waals surface area (Å²) in [5.41, 5.74) is 6.45. The van der Waals surface area contributed by atoms with Gasteiger partial charge in [-0.3, -0.25) is 4.79 Å². The van der Waals surface area contributed by atoms with Crippen LogP contribution in [0.25, 0.3) is 0 Å². The molecular formula is C15H22Cl2N2OS. The molecule has 0 aromatic heterocycles. The van der Waals surface area contributed by atoms with Gasteiger partial charge in [-0.2, -0.15) is 0 Å². The molecule has 1 aromatic rings. The van der Waals surface area contributed by atoms with Gasteiger partial charge in [-0.1, -0.05) is 18.5 Å². The number of rotatable bonds is 3. The molecular weight excluding hydrogens is 327 g/mol. The highest BCUT2D eigenvalue weighted by molar-refractivity contribution is 7.98. The molecule has 0 spiro atoms. The van der Waals surface area contributed by atoms with E-state index >= 15 is 0 Å². The highest BCUT2D eigenvalue weighted by Crippen LogP contribution is 2.28. The van der Waals surface area contributed by atoms with Gasteiger partial charge in [0.25, 0.3) is 5.91 Å². The summed E-state index contributed by atoms with van der Waals surface area (Å²) in [7, 11) is 0. The van der Waals surface area contributed by atoms with Crippen molar-refractivity contribution in [2.75, 3.05) is 19.3 Å². The van der Waals surface area contributed by atoms with E-state index in [0.29, 0.717) is 23.0 Å². The van der Waals surface area contributed by atoms with Crippen LogP contribution in [-0.2, 0) is 0 Å². The van der Waals surface area contributed by atoms with Crippen LogP contribution in [0.4, 0.5) is 0 Å². The number of benzene rings is 1. The summed E-state index contributed by atoms with van der Waals surface area (Å²) in [6.07, 6.45) is 4.15. The van der Waals surface area contributed by atoms with Crippen molar-refractivity contribution in [2.45, 2.75) is 30.7 Å². The molecule has 3 nitrogen and oxygen atoms in total. The molecule has 1 aromatic carbocycles. The maximum atomic E-state index is 12.8. The number of amides is 1. The van der Waals surface area contributed by atoms with Crippen molar-refractivity contribution < 1.29 is 4.79 Å². The normalized spacial score (nSPS) is 21.8. The third-order valence-electron chi connectivity index (χ3n) is 4.02. The molecule has 2 rings (SSSR count). The van der Waals surface area contributed by atoms with Crippen molar-refractivity contribution in [1.29, 1.82) is 0 Å². The van der Waals surface area contributed by atoms with E-state index in [2.05, 4.69) is 6.92 Å². The fourth-order valence-corrected chi connectivity index (χ4v) is 3.45. The number of nitrogens with zero attached hydrogens (tertiary/aromatic N) is 1. The Bertz CT molecular complexity index is 499. The standard InChI is InChI=1S/C15H21ClN2OS.ClH/c1-10-4-3-7-18(14(10)9-17)15(19)12-8-11(20-2)5-6-13(12)16;/h5-6,8,10,14H,3-4,7,9,17H2,1-2H3;1H. The van der Waals surface area contributed by atoms with Crippen LogP contribution in [0, 0.1) is 5.92 Å². The van der Waals surface area contributed by atoms with Crippen molar-refractivity contribution in [3.05, 3.63) is 28.8 Å². The number of piperidine rings is 1. The van der Waals surface area contributed by atoms with E-state index in [-0.39, 0.29) is 24.4 Å². The minimum atomic E-state index is 0. The van der Waals surface area contributed by atoms with Gasteiger partial charge < -0.3 is 10.6 Å². The molecule has 1 heterocycles. The van der Waals surface area contributed by atoms with Crippen LogP contribution in [0.1, 0.15) is 30.1 Å². The number of halogens is 2. The number of thioether (sulfide) groups is 1. The SMILES string of the molecule is CSc1ccc(Cl)c(C(=O)N2CCCC(C)C2CN)c1.Cl. The van der Waals surface area contributed by atoms with E-state index in [9.17, 15) is 4.79 Å². The molecule has 0 aliphatic carbocycles. The van der Waals surface area contributed by atoms with Crippen LogP contribution in [-0.4, -0.2) is 36.2 Å². The zero-order valence-electron chi connectivity index (χ0n) is 12.3. The van der Waals surface area contributed by atoms with Crippen LogP contribution >= 0.6 is 35.8 Å². The molecule has 21 heavy (non-hydrogen) atoms. The summed E-state index contributed by atoms with van der Waals surface area (Å²) in [6, 6.07) is 5.72. The van der Waals surface area contributed by atoms with E-state index in [1.54, 1.807) is 17.8 Å². The molecule has 1 aliphatic heterocycles. The van der Waals surface area contributed by atoms with E-state index < -0.39 is 0 Å². The Kier molecular flexibility index (Phi) is 7.34. The topological polar surface area (TPSA) is 46.3 Å². The number of carbonyl (C=O) groups is 1. The molecule has 0 bridgehead atoms. The number of carbonyl (C=O) groups excluding carboxylic acids is 1. The smallest absolute Gasteiger partial charge is 0.255 e. The molecule has 6 heteroatoms. The zero-order valence-corrected chi connectivity index (χ0v) is 14.7. The summed E-state index contributed by atoms with van der Waals surface area (Å²) in [5, 5.41) is 0.516. The van der Waals surface area contributed by atoms with E-state index in [1.165, 1.54) is 0 Å². The largest absolute Gasteiger partial charge is 0.334 e. The van der Waals surface area contributed by atoms with Crippen molar-refractivity contribution in [3.8, 4) is 0 Å². The first-order valence-electron chi connectivity index (χ1n) is 6.93. The van der Waals surface area contributed by atoms with Crippen molar-refractivity contribution in [3.63, 3.8) is 0 Å². The third kappa shape index (κ3) is 4.07. The van der Waals surface area contributed by atoms with E-state index in [0.717, 1.165) is 24.3 Å².